The summed E-state index contributed by atoms with van der Waals surface area (Å²) in [7, 11) is 0. The van der Waals surface area contributed by atoms with Gasteiger partial charge in [-0.2, -0.15) is 0 Å². The van der Waals surface area contributed by atoms with Gasteiger partial charge in [-0.05, 0) is 39.7 Å². The number of halogens is 1. The molecule has 2 aromatic rings. The molecule has 5 heteroatoms. The number of ether oxygens (including phenoxy) is 1. The molecule has 0 aromatic heterocycles. The molecule has 0 aliphatic carbocycles. The zero-order chi connectivity index (χ0) is 15.1. The van der Waals surface area contributed by atoms with Gasteiger partial charge in [-0.15, -0.1) is 0 Å². The first-order chi connectivity index (χ1) is 10.2. The molecule has 21 heavy (non-hydrogen) atoms. The van der Waals surface area contributed by atoms with Gasteiger partial charge < -0.3 is 10.1 Å². The van der Waals surface area contributed by atoms with Crippen LogP contribution in [0.25, 0.3) is 0 Å². The number of amides is 1. The maximum atomic E-state index is 11.7. The van der Waals surface area contributed by atoms with Gasteiger partial charge in [-0.25, -0.2) is 0 Å². The van der Waals surface area contributed by atoms with Crippen molar-refractivity contribution < 1.29 is 14.3 Å². The molecule has 0 radical (unpaired) electrons. The van der Waals surface area contributed by atoms with Crippen molar-refractivity contribution in [3.63, 3.8) is 0 Å². The summed E-state index contributed by atoms with van der Waals surface area (Å²) in [6, 6.07) is 14.6. The van der Waals surface area contributed by atoms with Gasteiger partial charge in [-0.1, -0.05) is 30.3 Å². The first-order valence-electron chi connectivity index (χ1n) is 6.37. The minimum absolute atomic E-state index is 0.0775. The third-order valence-corrected chi connectivity index (χ3v) is 3.40. The van der Waals surface area contributed by atoms with Crippen molar-refractivity contribution in [3.05, 3.63) is 64.1 Å². The highest BCUT2D eigenvalue weighted by molar-refractivity contribution is 9.10. The van der Waals surface area contributed by atoms with E-state index >= 15 is 0 Å². The molecule has 4 nitrogen and oxygen atoms in total. The fourth-order valence-corrected chi connectivity index (χ4v) is 2.21. The zero-order valence-electron chi connectivity index (χ0n) is 11.2. The SMILES string of the molecule is O=Cc1ccc(OCC(=O)NCc2ccccc2)c(Br)c1. The molecule has 0 aliphatic heterocycles. The summed E-state index contributed by atoms with van der Waals surface area (Å²) in [5.41, 5.74) is 1.57. The number of hydrogen-bond acceptors (Lipinski definition) is 3. The van der Waals surface area contributed by atoms with Crippen molar-refractivity contribution in [2.45, 2.75) is 6.54 Å². The van der Waals surface area contributed by atoms with Crippen LogP contribution in [0.1, 0.15) is 15.9 Å². The summed E-state index contributed by atoms with van der Waals surface area (Å²) in [6.07, 6.45) is 0.751. The maximum absolute atomic E-state index is 11.7. The van der Waals surface area contributed by atoms with Crippen LogP contribution in [-0.2, 0) is 11.3 Å². The molecule has 108 valence electrons. The lowest BCUT2D eigenvalue weighted by atomic mass is 10.2. The van der Waals surface area contributed by atoms with Gasteiger partial charge in [0.2, 0.25) is 0 Å². The standard InChI is InChI=1S/C16H14BrNO3/c17-14-8-13(10-19)6-7-15(14)21-11-16(20)18-9-12-4-2-1-3-5-12/h1-8,10H,9,11H2,(H,18,20). The van der Waals surface area contributed by atoms with Crippen LogP contribution in [0.5, 0.6) is 5.75 Å². The second-order valence-electron chi connectivity index (χ2n) is 4.36. The Kier molecular flexibility index (Phi) is 5.51. The average molecular weight is 348 g/mol. The van der Waals surface area contributed by atoms with E-state index in [1.54, 1.807) is 18.2 Å². The highest BCUT2D eigenvalue weighted by atomic mass is 79.9. The van der Waals surface area contributed by atoms with Crippen LogP contribution in [0.2, 0.25) is 0 Å². The molecule has 2 aromatic carbocycles. The maximum Gasteiger partial charge on any atom is 0.258 e. The van der Waals surface area contributed by atoms with Gasteiger partial charge in [0.25, 0.3) is 5.91 Å². The van der Waals surface area contributed by atoms with Gasteiger partial charge in [0.1, 0.15) is 12.0 Å². The summed E-state index contributed by atoms with van der Waals surface area (Å²) < 4.78 is 6.05. The van der Waals surface area contributed by atoms with Crippen molar-refractivity contribution in [1.82, 2.24) is 5.32 Å². The van der Waals surface area contributed by atoms with Crippen molar-refractivity contribution in [3.8, 4) is 5.75 Å². The molecular weight excluding hydrogens is 334 g/mol. The normalized spacial score (nSPS) is 9.95. The third kappa shape index (κ3) is 4.72. The summed E-state index contributed by atoms with van der Waals surface area (Å²) in [6.45, 7) is 0.389. The van der Waals surface area contributed by atoms with E-state index in [2.05, 4.69) is 21.2 Å². The quantitative estimate of drug-likeness (QED) is 0.817. The molecule has 0 spiro atoms. The van der Waals surface area contributed by atoms with Crippen LogP contribution >= 0.6 is 15.9 Å². The Morgan fingerprint density at radius 3 is 2.62 bits per heavy atom. The highest BCUT2D eigenvalue weighted by Gasteiger charge is 2.06. The van der Waals surface area contributed by atoms with E-state index in [4.69, 9.17) is 4.74 Å². The number of rotatable bonds is 6. The molecule has 0 unspecified atom stereocenters. The van der Waals surface area contributed by atoms with Crippen LogP contribution in [0.3, 0.4) is 0 Å². The van der Waals surface area contributed by atoms with Gasteiger partial charge in [0.05, 0.1) is 4.47 Å². The molecule has 0 atom stereocenters. The second-order valence-corrected chi connectivity index (χ2v) is 5.21. The Balaban J connectivity index is 1.82. The molecule has 0 saturated heterocycles. The number of aldehydes is 1. The molecule has 1 amide bonds. The van der Waals surface area contributed by atoms with Gasteiger partial charge >= 0.3 is 0 Å². The molecule has 2 rings (SSSR count). The molecule has 1 N–H and O–H groups in total. The fourth-order valence-electron chi connectivity index (χ4n) is 1.70. The smallest absolute Gasteiger partial charge is 0.258 e. The number of carbonyl (C=O) groups is 2. The second kappa shape index (κ2) is 7.59. The number of benzene rings is 2. The Morgan fingerprint density at radius 1 is 1.19 bits per heavy atom. The minimum Gasteiger partial charge on any atom is -0.483 e. The largest absolute Gasteiger partial charge is 0.483 e. The first-order valence-corrected chi connectivity index (χ1v) is 7.16. The van der Waals surface area contributed by atoms with E-state index in [0.717, 1.165) is 11.8 Å². The summed E-state index contributed by atoms with van der Waals surface area (Å²) in [4.78, 5) is 22.3. The Labute approximate surface area is 131 Å². The lowest BCUT2D eigenvalue weighted by molar-refractivity contribution is -0.123. The van der Waals surface area contributed by atoms with E-state index < -0.39 is 0 Å². The highest BCUT2D eigenvalue weighted by Crippen LogP contribution is 2.25. The molecule has 0 bridgehead atoms. The van der Waals surface area contributed by atoms with Gasteiger partial charge in [0.15, 0.2) is 6.61 Å². The van der Waals surface area contributed by atoms with E-state index in [-0.39, 0.29) is 12.5 Å². The Hall–Kier alpha value is -2.14. The number of carbonyl (C=O) groups excluding carboxylic acids is 2. The van der Waals surface area contributed by atoms with Crippen LogP contribution in [0, 0.1) is 0 Å². The van der Waals surface area contributed by atoms with E-state index in [1.165, 1.54) is 0 Å². The minimum atomic E-state index is -0.204. The predicted octanol–water partition coefficient (Wildman–Crippen LogP) is 2.96. The van der Waals surface area contributed by atoms with Crippen LogP contribution < -0.4 is 10.1 Å². The molecular formula is C16H14BrNO3. The Morgan fingerprint density at radius 2 is 1.95 bits per heavy atom. The van der Waals surface area contributed by atoms with E-state index in [0.29, 0.717) is 22.3 Å². The van der Waals surface area contributed by atoms with Crippen molar-refractivity contribution >= 4 is 28.1 Å². The van der Waals surface area contributed by atoms with Crippen LogP contribution in [-0.4, -0.2) is 18.8 Å². The fraction of sp³-hybridized carbons (Fsp3) is 0.125. The molecule has 0 heterocycles. The monoisotopic (exact) mass is 347 g/mol. The summed E-state index contributed by atoms with van der Waals surface area (Å²) in [5.74, 6) is 0.320. The van der Waals surface area contributed by atoms with Crippen LogP contribution in [0.15, 0.2) is 53.0 Å². The lowest BCUT2D eigenvalue weighted by Crippen LogP contribution is -2.28. The van der Waals surface area contributed by atoms with E-state index in [1.807, 2.05) is 30.3 Å². The van der Waals surface area contributed by atoms with Gasteiger partial charge in [-0.3, -0.25) is 9.59 Å². The van der Waals surface area contributed by atoms with E-state index in [9.17, 15) is 9.59 Å². The number of nitrogens with one attached hydrogen (secondary N) is 1. The number of hydrogen-bond donors (Lipinski definition) is 1. The zero-order valence-corrected chi connectivity index (χ0v) is 12.8. The summed E-state index contributed by atoms with van der Waals surface area (Å²) >= 11 is 3.30. The van der Waals surface area contributed by atoms with Crippen molar-refractivity contribution in [2.75, 3.05) is 6.61 Å². The van der Waals surface area contributed by atoms with Gasteiger partial charge in [0, 0.05) is 12.1 Å². The van der Waals surface area contributed by atoms with Crippen molar-refractivity contribution in [1.29, 1.82) is 0 Å². The lowest BCUT2D eigenvalue weighted by Gasteiger charge is -2.09. The predicted molar refractivity (Wildman–Crippen MR) is 83.3 cm³/mol. The Bertz CT molecular complexity index is 629. The molecule has 0 aliphatic rings. The van der Waals surface area contributed by atoms with Crippen LogP contribution in [0.4, 0.5) is 0 Å². The average Bonchev–Trinajstić information content (AvgIpc) is 2.52. The topological polar surface area (TPSA) is 55.4 Å². The third-order valence-electron chi connectivity index (χ3n) is 2.78. The molecule has 0 saturated carbocycles. The molecule has 0 fully saturated rings. The summed E-state index contributed by atoms with van der Waals surface area (Å²) in [5, 5.41) is 2.78. The van der Waals surface area contributed by atoms with Crippen molar-refractivity contribution in [2.24, 2.45) is 0 Å². The first kappa shape index (κ1) is 15.3.